The van der Waals surface area contributed by atoms with Crippen molar-refractivity contribution in [2.75, 3.05) is 41.7 Å². The highest BCUT2D eigenvalue weighted by Crippen LogP contribution is 2.52. The van der Waals surface area contributed by atoms with Crippen LogP contribution in [0.3, 0.4) is 0 Å². The topological polar surface area (TPSA) is 153 Å². The highest BCUT2D eigenvalue weighted by atomic mass is 16.6. The van der Waals surface area contributed by atoms with E-state index in [0.29, 0.717) is 40.0 Å². The lowest BCUT2D eigenvalue weighted by Crippen LogP contribution is -2.29. The monoisotopic (exact) mass is 556 g/mol. The van der Waals surface area contributed by atoms with Gasteiger partial charge >= 0.3 is 0 Å². The molecule has 0 bridgehead atoms. The lowest BCUT2D eigenvalue weighted by atomic mass is 9.90. The summed E-state index contributed by atoms with van der Waals surface area (Å²) < 4.78 is 34.0. The Bertz CT molecular complexity index is 1330. The lowest BCUT2D eigenvalue weighted by molar-refractivity contribution is -0.00180. The number of ether oxygens (including phenoxy) is 6. The number of aliphatic hydroxyl groups is 3. The van der Waals surface area contributed by atoms with Crippen LogP contribution >= 0.6 is 0 Å². The van der Waals surface area contributed by atoms with E-state index in [-0.39, 0.29) is 35.4 Å². The van der Waals surface area contributed by atoms with Gasteiger partial charge in [-0.15, -0.1) is 0 Å². The average Bonchev–Trinajstić information content (AvgIpc) is 3.37. The Hall–Kier alpha value is -4.19. The Balaban J connectivity index is 1.69. The molecule has 1 aliphatic rings. The quantitative estimate of drug-likeness (QED) is 0.244. The molecule has 0 aliphatic carbocycles. The molecule has 4 rings (SSSR count). The van der Waals surface area contributed by atoms with Crippen molar-refractivity contribution in [3.05, 3.63) is 64.7 Å². The first-order valence-corrected chi connectivity index (χ1v) is 12.4. The Morgan fingerprint density at radius 2 is 1.55 bits per heavy atom. The fraction of sp³-hybridized carbons (Fsp3) is 0.345. The molecule has 4 atom stereocenters. The number of phenols is 1. The molecule has 11 heteroatoms. The molecule has 0 unspecified atom stereocenters. The molecule has 0 saturated heterocycles. The minimum atomic E-state index is -1.31. The predicted octanol–water partition coefficient (Wildman–Crippen LogP) is 2.92. The molecule has 214 valence electrons. The van der Waals surface area contributed by atoms with Crippen molar-refractivity contribution >= 4 is 6.29 Å². The van der Waals surface area contributed by atoms with Gasteiger partial charge in [0.15, 0.2) is 40.6 Å². The molecular weight excluding hydrogens is 524 g/mol. The number of carbonyl (C=O) groups is 1. The van der Waals surface area contributed by atoms with Gasteiger partial charge < -0.3 is 48.8 Å². The summed E-state index contributed by atoms with van der Waals surface area (Å²) in [4.78, 5) is 11.5. The summed E-state index contributed by atoms with van der Waals surface area (Å²) in [6.45, 7) is -0.841. The van der Waals surface area contributed by atoms with Gasteiger partial charge in [0.2, 0.25) is 5.75 Å². The van der Waals surface area contributed by atoms with E-state index in [1.807, 2.05) is 0 Å². The van der Waals surface area contributed by atoms with Gasteiger partial charge in [-0.3, -0.25) is 4.79 Å². The van der Waals surface area contributed by atoms with Crippen LogP contribution in [0.1, 0.15) is 45.2 Å². The third kappa shape index (κ3) is 5.31. The van der Waals surface area contributed by atoms with E-state index in [2.05, 4.69) is 0 Å². The number of rotatable bonds is 12. The van der Waals surface area contributed by atoms with E-state index in [4.69, 9.17) is 28.4 Å². The van der Waals surface area contributed by atoms with Gasteiger partial charge in [0.25, 0.3) is 0 Å². The van der Waals surface area contributed by atoms with Crippen LogP contribution in [0.2, 0.25) is 0 Å². The normalized spacial score (nSPS) is 17.3. The first-order chi connectivity index (χ1) is 19.3. The zero-order valence-corrected chi connectivity index (χ0v) is 22.5. The maximum atomic E-state index is 11.5. The second kappa shape index (κ2) is 12.3. The predicted molar refractivity (Wildman–Crippen MR) is 142 cm³/mol. The average molecular weight is 557 g/mol. The van der Waals surface area contributed by atoms with Crippen molar-refractivity contribution in [3.8, 4) is 40.2 Å². The van der Waals surface area contributed by atoms with Crippen LogP contribution in [0, 0.1) is 0 Å². The number of hydrogen-bond donors (Lipinski definition) is 4. The van der Waals surface area contributed by atoms with Gasteiger partial charge in [-0.05, 0) is 42.0 Å². The smallest absolute Gasteiger partial charge is 0.204 e. The molecule has 11 nitrogen and oxygen atoms in total. The summed E-state index contributed by atoms with van der Waals surface area (Å²) in [5.41, 5.74) is 1.93. The van der Waals surface area contributed by atoms with Crippen LogP contribution in [0.4, 0.5) is 0 Å². The highest BCUT2D eigenvalue weighted by Gasteiger charge is 2.39. The molecule has 0 amide bonds. The lowest BCUT2D eigenvalue weighted by Gasteiger charge is -2.26. The van der Waals surface area contributed by atoms with Gasteiger partial charge in [0.1, 0.15) is 18.5 Å². The highest BCUT2D eigenvalue weighted by molar-refractivity contribution is 5.78. The second-order valence-electron chi connectivity index (χ2n) is 9.06. The number of aromatic hydroxyl groups is 1. The van der Waals surface area contributed by atoms with Crippen LogP contribution in [0.15, 0.2) is 42.5 Å². The summed E-state index contributed by atoms with van der Waals surface area (Å²) in [5, 5.41) is 41.2. The number of carbonyl (C=O) groups excluding carboxylic acids is 1. The number of fused-ring (bicyclic) bond motifs is 1. The Morgan fingerprint density at radius 3 is 2.10 bits per heavy atom. The molecule has 1 aliphatic heterocycles. The summed E-state index contributed by atoms with van der Waals surface area (Å²) >= 11 is 0. The largest absolute Gasteiger partial charge is 0.504 e. The zero-order valence-electron chi connectivity index (χ0n) is 22.5. The van der Waals surface area contributed by atoms with Crippen LogP contribution in [-0.2, 0) is 0 Å². The van der Waals surface area contributed by atoms with Crippen molar-refractivity contribution in [2.24, 2.45) is 0 Å². The Morgan fingerprint density at radius 1 is 0.900 bits per heavy atom. The van der Waals surface area contributed by atoms with Crippen molar-refractivity contribution < 1.29 is 53.6 Å². The molecule has 0 spiro atoms. The molecule has 3 aromatic rings. The summed E-state index contributed by atoms with van der Waals surface area (Å²) in [6, 6.07) is 10.8. The van der Waals surface area contributed by atoms with Crippen LogP contribution in [-0.4, -0.2) is 74.5 Å². The van der Waals surface area contributed by atoms with Gasteiger partial charge in [0.05, 0.1) is 47.6 Å². The Kier molecular flexibility index (Phi) is 8.88. The molecule has 40 heavy (non-hydrogen) atoms. The fourth-order valence-electron chi connectivity index (χ4n) is 4.76. The SMILES string of the molecule is COc1cc([C@H](O)[C@@H](CO)Oc2c(OC)cc([C@@H]3Oc4c(OC)cc(C=O)cc4[C@H]3CO)cc2OC)ccc1O. The molecule has 4 N–H and O–H groups in total. The van der Waals surface area contributed by atoms with Gasteiger partial charge in [-0.25, -0.2) is 0 Å². The maximum absolute atomic E-state index is 11.5. The minimum Gasteiger partial charge on any atom is -0.504 e. The molecule has 0 saturated carbocycles. The van der Waals surface area contributed by atoms with Gasteiger partial charge in [-0.2, -0.15) is 0 Å². The van der Waals surface area contributed by atoms with Crippen molar-refractivity contribution in [1.29, 1.82) is 0 Å². The van der Waals surface area contributed by atoms with Crippen LogP contribution < -0.4 is 28.4 Å². The van der Waals surface area contributed by atoms with E-state index in [1.54, 1.807) is 24.3 Å². The summed E-state index contributed by atoms with van der Waals surface area (Å²) in [6.07, 6.45) is -2.44. The molecule has 3 aromatic carbocycles. The summed E-state index contributed by atoms with van der Waals surface area (Å²) in [5.74, 6) is 0.876. The third-order valence-electron chi connectivity index (χ3n) is 6.83. The van der Waals surface area contributed by atoms with E-state index < -0.39 is 30.8 Å². The number of methoxy groups -OCH3 is 4. The summed E-state index contributed by atoms with van der Waals surface area (Å²) in [7, 11) is 5.70. The van der Waals surface area contributed by atoms with Crippen LogP contribution in [0.5, 0.6) is 40.2 Å². The number of phenolic OH excluding ortho intramolecular Hbond substituents is 1. The first-order valence-electron chi connectivity index (χ1n) is 12.4. The molecular formula is C29H32O11. The molecule has 0 aromatic heterocycles. The van der Waals surface area contributed by atoms with Crippen molar-refractivity contribution in [1.82, 2.24) is 0 Å². The van der Waals surface area contributed by atoms with Crippen molar-refractivity contribution in [3.63, 3.8) is 0 Å². The maximum Gasteiger partial charge on any atom is 0.204 e. The molecule has 0 fully saturated rings. The number of hydrogen-bond acceptors (Lipinski definition) is 11. The van der Waals surface area contributed by atoms with E-state index in [9.17, 15) is 25.2 Å². The number of aldehydes is 1. The molecule has 0 radical (unpaired) electrons. The third-order valence-corrected chi connectivity index (χ3v) is 6.83. The van der Waals surface area contributed by atoms with E-state index >= 15 is 0 Å². The van der Waals surface area contributed by atoms with E-state index in [1.165, 1.54) is 46.6 Å². The fourth-order valence-corrected chi connectivity index (χ4v) is 4.76. The van der Waals surface area contributed by atoms with Crippen LogP contribution in [0.25, 0.3) is 0 Å². The number of aliphatic hydroxyl groups excluding tert-OH is 3. The standard InChI is InChI=1S/C29H32O11/c1-35-21-9-16(5-6-20(21)33)26(34)25(14-32)39-29-23(37-3)10-17(11-24(29)38-4)27-19(13-31)18-7-15(12-30)8-22(36-2)28(18)40-27/h5-12,19,25-27,31-34H,13-14H2,1-4H3/t19-,25-,26+,27+/m1/s1. The van der Waals surface area contributed by atoms with E-state index in [0.717, 1.165) is 0 Å². The molecule has 1 heterocycles. The minimum absolute atomic E-state index is 0.101. The number of benzene rings is 3. The Labute approximate surface area is 231 Å². The van der Waals surface area contributed by atoms with Gasteiger partial charge in [-0.1, -0.05) is 6.07 Å². The van der Waals surface area contributed by atoms with Gasteiger partial charge in [0, 0.05) is 16.7 Å². The first kappa shape index (κ1) is 28.8. The van der Waals surface area contributed by atoms with Crippen molar-refractivity contribution in [2.45, 2.75) is 24.2 Å². The second-order valence-corrected chi connectivity index (χ2v) is 9.06. The zero-order chi connectivity index (χ0) is 29.0.